The highest BCUT2D eigenvalue weighted by Gasteiger charge is 2.12. The van der Waals surface area contributed by atoms with Crippen LogP contribution in [0.3, 0.4) is 0 Å². The lowest BCUT2D eigenvalue weighted by molar-refractivity contribution is 0.0952. The Kier molecular flexibility index (Phi) is 4.66. The molecule has 126 valence electrons. The van der Waals surface area contributed by atoms with Crippen molar-refractivity contribution in [2.75, 3.05) is 7.11 Å². The summed E-state index contributed by atoms with van der Waals surface area (Å²) in [4.78, 5) is 12.3. The third-order valence-corrected chi connectivity index (χ3v) is 3.94. The summed E-state index contributed by atoms with van der Waals surface area (Å²) in [6.07, 6.45) is 0. The number of phenols is 1. The highest BCUT2D eigenvalue weighted by Crippen LogP contribution is 2.24. The Hall–Kier alpha value is -3.34. The number of hydrazone groups is 1. The normalized spacial score (nSPS) is 11.4. The number of nitrogens with zero attached hydrogens (tertiary/aromatic N) is 1. The molecule has 0 aliphatic heterocycles. The van der Waals surface area contributed by atoms with Gasteiger partial charge in [-0.2, -0.15) is 5.10 Å². The van der Waals surface area contributed by atoms with Gasteiger partial charge in [0.05, 0.1) is 18.4 Å². The molecule has 0 aliphatic rings. The number of nitrogens with one attached hydrogen (secondary N) is 1. The first-order valence-electron chi connectivity index (χ1n) is 7.79. The minimum Gasteiger partial charge on any atom is -0.507 e. The lowest BCUT2D eigenvalue weighted by Gasteiger charge is -2.07. The molecule has 2 N–H and O–H groups in total. The van der Waals surface area contributed by atoms with Crippen LogP contribution in [-0.2, 0) is 0 Å². The quantitative estimate of drug-likeness (QED) is 0.564. The van der Waals surface area contributed by atoms with Crippen LogP contribution < -0.4 is 10.2 Å². The van der Waals surface area contributed by atoms with Gasteiger partial charge in [0.1, 0.15) is 11.5 Å². The minimum atomic E-state index is -0.462. The van der Waals surface area contributed by atoms with Crippen molar-refractivity contribution < 1.29 is 14.6 Å². The van der Waals surface area contributed by atoms with Gasteiger partial charge in [-0.05, 0) is 59.7 Å². The maximum atomic E-state index is 12.3. The third kappa shape index (κ3) is 3.61. The van der Waals surface area contributed by atoms with Gasteiger partial charge in [-0.25, -0.2) is 5.43 Å². The van der Waals surface area contributed by atoms with E-state index in [0.717, 1.165) is 22.1 Å². The Morgan fingerprint density at radius 3 is 2.32 bits per heavy atom. The standard InChI is InChI=1S/C20H18N2O3/c1-13(14-7-9-17(25-2)10-8-14)21-22-20(24)18-11-15-5-3-4-6-16(15)12-19(18)23/h3-12,23H,1-2H3,(H,22,24)/b21-13-. The molecule has 0 fully saturated rings. The first-order valence-corrected chi connectivity index (χ1v) is 7.79. The van der Waals surface area contributed by atoms with E-state index in [4.69, 9.17) is 4.74 Å². The van der Waals surface area contributed by atoms with Crippen molar-refractivity contribution >= 4 is 22.4 Å². The predicted octanol–water partition coefficient (Wildman–Crippen LogP) is 3.71. The molecule has 3 aromatic carbocycles. The van der Waals surface area contributed by atoms with Gasteiger partial charge in [0.25, 0.3) is 5.91 Å². The average Bonchev–Trinajstić information content (AvgIpc) is 2.65. The molecule has 5 nitrogen and oxygen atoms in total. The number of phenolic OH excluding ortho intramolecular Hbond substituents is 1. The lowest BCUT2D eigenvalue weighted by atomic mass is 10.1. The minimum absolute atomic E-state index is 0.0755. The van der Waals surface area contributed by atoms with Crippen molar-refractivity contribution in [2.24, 2.45) is 5.10 Å². The number of hydrogen-bond acceptors (Lipinski definition) is 4. The maximum absolute atomic E-state index is 12.3. The number of carbonyl (C=O) groups excluding carboxylic acids is 1. The Balaban J connectivity index is 1.80. The second-order valence-corrected chi connectivity index (χ2v) is 5.58. The second kappa shape index (κ2) is 7.05. The Morgan fingerprint density at radius 2 is 1.68 bits per heavy atom. The van der Waals surface area contributed by atoms with Crippen LogP contribution in [0.4, 0.5) is 0 Å². The van der Waals surface area contributed by atoms with E-state index < -0.39 is 5.91 Å². The van der Waals surface area contributed by atoms with Crippen LogP contribution in [0.25, 0.3) is 10.8 Å². The number of rotatable bonds is 4. The molecule has 0 unspecified atom stereocenters. The number of carbonyl (C=O) groups is 1. The molecule has 1 amide bonds. The summed E-state index contributed by atoms with van der Waals surface area (Å²) in [5.74, 6) is 0.214. The Labute approximate surface area is 145 Å². The number of benzene rings is 3. The highest BCUT2D eigenvalue weighted by molar-refractivity contribution is 6.03. The molecule has 3 aromatic rings. The first-order chi connectivity index (χ1) is 12.1. The Bertz CT molecular complexity index is 947. The van der Waals surface area contributed by atoms with E-state index in [1.165, 1.54) is 0 Å². The molecule has 0 atom stereocenters. The molecule has 0 spiro atoms. The number of fused-ring (bicyclic) bond motifs is 1. The van der Waals surface area contributed by atoms with Gasteiger partial charge in [-0.15, -0.1) is 0 Å². The maximum Gasteiger partial charge on any atom is 0.275 e. The fourth-order valence-electron chi connectivity index (χ4n) is 2.50. The van der Waals surface area contributed by atoms with Crippen molar-refractivity contribution in [1.82, 2.24) is 5.43 Å². The fraction of sp³-hybridized carbons (Fsp3) is 0.100. The smallest absolute Gasteiger partial charge is 0.275 e. The van der Waals surface area contributed by atoms with Crippen molar-refractivity contribution in [1.29, 1.82) is 0 Å². The molecule has 0 bridgehead atoms. The molecule has 3 rings (SSSR count). The summed E-state index contributed by atoms with van der Waals surface area (Å²) < 4.78 is 5.12. The number of amides is 1. The third-order valence-electron chi connectivity index (χ3n) is 3.94. The second-order valence-electron chi connectivity index (χ2n) is 5.58. The van der Waals surface area contributed by atoms with Crippen LogP contribution in [0, 0.1) is 0 Å². The zero-order valence-electron chi connectivity index (χ0n) is 14.0. The van der Waals surface area contributed by atoms with Gasteiger partial charge in [-0.1, -0.05) is 24.3 Å². The molecular formula is C20H18N2O3. The number of hydrogen-bond donors (Lipinski definition) is 2. The summed E-state index contributed by atoms with van der Waals surface area (Å²) in [5, 5.41) is 16.0. The van der Waals surface area contributed by atoms with Crippen LogP contribution in [0.15, 0.2) is 65.8 Å². The molecule has 0 aliphatic carbocycles. The first kappa shape index (κ1) is 16.5. The van der Waals surface area contributed by atoms with E-state index in [2.05, 4.69) is 10.5 Å². The van der Waals surface area contributed by atoms with Gasteiger partial charge in [0.2, 0.25) is 0 Å². The number of methoxy groups -OCH3 is 1. The van der Waals surface area contributed by atoms with Crippen LogP contribution >= 0.6 is 0 Å². The van der Waals surface area contributed by atoms with Crippen LogP contribution in [-0.4, -0.2) is 23.8 Å². The molecule has 0 radical (unpaired) electrons. The number of aromatic hydroxyl groups is 1. The van der Waals surface area contributed by atoms with Crippen LogP contribution in [0.2, 0.25) is 0 Å². The summed E-state index contributed by atoms with van der Waals surface area (Å²) in [6.45, 7) is 1.79. The molecule has 0 saturated carbocycles. The Morgan fingerprint density at radius 1 is 1.04 bits per heavy atom. The van der Waals surface area contributed by atoms with Crippen LogP contribution in [0.5, 0.6) is 11.5 Å². The molecule has 0 heterocycles. The highest BCUT2D eigenvalue weighted by atomic mass is 16.5. The molecular weight excluding hydrogens is 316 g/mol. The monoisotopic (exact) mass is 334 g/mol. The average molecular weight is 334 g/mol. The van der Waals surface area contributed by atoms with E-state index in [1.54, 1.807) is 26.2 Å². The zero-order valence-corrected chi connectivity index (χ0v) is 14.0. The van der Waals surface area contributed by atoms with Crippen molar-refractivity contribution in [3.63, 3.8) is 0 Å². The van der Waals surface area contributed by atoms with E-state index in [1.807, 2.05) is 48.5 Å². The van der Waals surface area contributed by atoms with Gasteiger partial charge >= 0.3 is 0 Å². The lowest BCUT2D eigenvalue weighted by Crippen LogP contribution is -2.19. The van der Waals surface area contributed by atoms with Gasteiger partial charge in [-0.3, -0.25) is 4.79 Å². The van der Waals surface area contributed by atoms with Gasteiger partial charge in [0.15, 0.2) is 0 Å². The summed E-state index contributed by atoms with van der Waals surface area (Å²) >= 11 is 0. The molecule has 25 heavy (non-hydrogen) atoms. The summed E-state index contributed by atoms with van der Waals surface area (Å²) in [6, 6.07) is 18.1. The largest absolute Gasteiger partial charge is 0.507 e. The summed E-state index contributed by atoms with van der Waals surface area (Å²) in [7, 11) is 1.60. The van der Waals surface area contributed by atoms with Gasteiger partial charge in [0, 0.05) is 0 Å². The molecule has 0 saturated heterocycles. The van der Waals surface area contributed by atoms with E-state index >= 15 is 0 Å². The van der Waals surface area contributed by atoms with Crippen molar-refractivity contribution in [3.8, 4) is 11.5 Å². The van der Waals surface area contributed by atoms with Crippen LogP contribution in [0.1, 0.15) is 22.8 Å². The predicted molar refractivity (Wildman–Crippen MR) is 98.3 cm³/mol. The molecule has 0 aromatic heterocycles. The molecule has 5 heteroatoms. The topological polar surface area (TPSA) is 70.9 Å². The van der Waals surface area contributed by atoms with E-state index in [0.29, 0.717) is 5.71 Å². The number of ether oxygens (including phenoxy) is 1. The fourth-order valence-corrected chi connectivity index (χ4v) is 2.50. The van der Waals surface area contributed by atoms with Crippen molar-refractivity contribution in [2.45, 2.75) is 6.92 Å². The zero-order chi connectivity index (χ0) is 17.8. The summed E-state index contributed by atoms with van der Waals surface area (Å²) in [5.41, 5.74) is 4.19. The van der Waals surface area contributed by atoms with Crippen molar-refractivity contribution in [3.05, 3.63) is 71.8 Å². The van der Waals surface area contributed by atoms with E-state index in [9.17, 15) is 9.90 Å². The van der Waals surface area contributed by atoms with E-state index in [-0.39, 0.29) is 11.3 Å². The SMILES string of the molecule is COc1ccc(/C(C)=N\NC(=O)c2cc3ccccc3cc2O)cc1. The van der Waals surface area contributed by atoms with Gasteiger partial charge < -0.3 is 9.84 Å².